The number of furan rings is 1. The second-order valence-corrected chi connectivity index (χ2v) is 7.00. The van der Waals surface area contributed by atoms with Gasteiger partial charge in [0.25, 0.3) is 5.91 Å². The van der Waals surface area contributed by atoms with Crippen LogP contribution in [-0.2, 0) is 11.3 Å². The molecule has 4 aromatic rings. The van der Waals surface area contributed by atoms with Gasteiger partial charge in [0.15, 0.2) is 23.7 Å². The summed E-state index contributed by atoms with van der Waals surface area (Å²) in [6.45, 7) is 0.0543. The number of carbonyl (C=O) groups is 2. The van der Waals surface area contributed by atoms with Crippen LogP contribution in [0, 0.1) is 0 Å². The van der Waals surface area contributed by atoms with E-state index in [1.54, 1.807) is 35.6 Å². The standard InChI is InChI=1S/C21H16N2O4S/c24-12-14-5-1-3-7-17(14)26-13-20(25)22-11-15-9-10-18(27-15)21-23-16-6-2-4-8-19(16)28-21/h1-10,12H,11,13H2,(H,22,25). The summed E-state index contributed by atoms with van der Waals surface area (Å²) < 4.78 is 12.3. The van der Waals surface area contributed by atoms with E-state index in [-0.39, 0.29) is 19.1 Å². The minimum Gasteiger partial charge on any atom is -0.483 e. The summed E-state index contributed by atoms with van der Waals surface area (Å²) in [6.07, 6.45) is 0.694. The zero-order chi connectivity index (χ0) is 19.3. The van der Waals surface area contributed by atoms with Crippen LogP contribution in [0.15, 0.2) is 65.1 Å². The Morgan fingerprint density at radius 3 is 2.79 bits per heavy atom. The lowest BCUT2D eigenvalue weighted by Crippen LogP contribution is -2.28. The van der Waals surface area contributed by atoms with E-state index in [0.29, 0.717) is 29.1 Å². The molecule has 0 fully saturated rings. The van der Waals surface area contributed by atoms with Crippen molar-refractivity contribution in [2.24, 2.45) is 0 Å². The van der Waals surface area contributed by atoms with Crippen LogP contribution in [-0.4, -0.2) is 23.8 Å². The Morgan fingerprint density at radius 2 is 1.93 bits per heavy atom. The monoisotopic (exact) mass is 392 g/mol. The molecule has 4 rings (SSSR count). The van der Waals surface area contributed by atoms with Crippen LogP contribution in [0.5, 0.6) is 5.75 Å². The van der Waals surface area contributed by atoms with Gasteiger partial charge in [-0.15, -0.1) is 11.3 Å². The molecule has 0 aliphatic heterocycles. The molecule has 0 aliphatic carbocycles. The first-order chi connectivity index (χ1) is 13.7. The first-order valence-electron chi connectivity index (χ1n) is 8.61. The maximum Gasteiger partial charge on any atom is 0.258 e. The molecular formula is C21H16N2O4S. The van der Waals surface area contributed by atoms with Gasteiger partial charge in [-0.3, -0.25) is 9.59 Å². The molecule has 140 valence electrons. The molecule has 0 bridgehead atoms. The molecule has 0 unspecified atom stereocenters. The van der Waals surface area contributed by atoms with Crippen molar-refractivity contribution in [3.05, 3.63) is 72.0 Å². The Bertz CT molecular complexity index is 1100. The molecule has 28 heavy (non-hydrogen) atoms. The average Bonchev–Trinajstić information content (AvgIpc) is 3.37. The van der Waals surface area contributed by atoms with E-state index in [2.05, 4.69) is 10.3 Å². The molecule has 1 N–H and O–H groups in total. The predicted molar refractivity (Wildman–Crippen MR) is 106 cm³/mol. The number of ether oxygens (including phenoxy) is 1. The van der Waals surface area contributed by atoms with Gasteiger partial charge in [0.1, 0.15) is 11.5 Å². The molecule has 0 saturated heterocycles. The van der Waals surface area contributed by atoms with E-state index in [0.717, 1.165) is 15.2 Å². The predicted octanol–water partition coefficient (Wildman–Crippen LogP) is 4.06. The number of nitrogens with zero attached hydrogens (tertiary/aromatic N) is 1. The van der Waals surface area contributed by atoms with E-state index >= 15 is 0 Å². The van der Waals surface area contributed by atoms with E-state index in [1.165, 1.54) is 0 Å². The fraction of sp³-hybridized carbons (Fsp3) is 0.0952. The van der Waals surface area contributed by atoms with Crippen LogP contribution in [0.3, 0.4) is 0 Å². The van der Waals surface area contributed by atoms with E-state index in [9.17, 15) is 9.59 Å². The van der Waals surface area contributed by atoms with Gasteiger partial charge in [-0.2, -0.15) is 0 Å². The third kappa shape index (κ3) is 3.94. The summed E-state index contributed by atoms with van der Waals surface area (Å²) in [5.74, 6) is 1.36. The highest BCUT2D eigenvalue weighted by molar-refractivity contribution is 7.21. The fourth-order valence-electron chi connectivity index (χ4n) is 2.65. The molecule has 6 nitrogen and oxygen atoms in total. The largest absolute Gasteiger partial charge is 0.483 e. The van der Waals surface area contributed by atoms with Gasteiger partial charge in [-0.1, -0.05) is 24.3 Å². The number of benzene rings is 2. The number of rotatable bonds is 7. The zero-order valence-electron chi connectivity index (χ0n) is 14.8. The fourth-order valence-corrected chi connectivity index (χ4v) is 3.58. The van der Waals surface area contributed by atoms with E-state index in [4.69, 9.17) is 9.15 Å². The van der Waals surface area contributed by atoms with Crippen molar-refractivity contribution in [1.82, 2.24) is 10.3 Å². The Hall–Kier alpha value is -3.45. The molecule has 7 heteroatoms. The first kappa shape index (κ1) is 17.9. The van der Waals surface area contributed by atoms with Crippen molar-refractivity contribution in [3.63, 3.8) is 0 Å². The van der Waals surface area contributed by atoms with Gasteiger partial charge in [0.05, 0.1) is 22.3 Å². The summed E-state index contributed by atoms with van der Waals surface area (Å²) in [5, 5.41) is 3.53. The van der Waals surface area contributed by atoms with Gasteiger partial charge < -0.3 is 14.5 Å². The lowest BCUT2D eigenvalue weighted by molar-refractivity contribution is -0.123. The van der Waals surface area contributed by atoms with Gasteiger partial charge >= 0.3 is 0 Å². The van der Waals surface area contributed by atoms with Crippen molar-refractivity contribution >= 4 is 33.7 Å². The van der Waals surface area contributed by atoms with Crippen molar-refractivity contribution in [2.75, 3.05) is 6.61 Å². The van der Waals surface area contributed by atoms with Crippen LogP contribution < -0.4 is 10.1 Å². The van der Waals surface area contributed by atoms with Crippen molar-refractivity contribution < 1.29 is 18.7 Å². The molecule has 2 aromatic heterocycles. The van der Waals surface area contributed by atoms with Gasteiger partial charge in [0, 0.05) is 0 Å². The molecule has 1 amide bonds. The molecule has 2 heterocycles. The summed E-state index contributed by atoms with van der Waals surface area (Å²) in [4.78, 5) is 27.5. The highest BCUT2D eigenvalue weighted by Gasteiger charge is 2.11. The number of hydrogen-bond donors (Lipinski definition) is 1. The molecule has 2 aromatic carbocycles. The van der Waals surface area contributed by atoms with Crippen molar-refractivity contribution in [1.29, 1.82) is 0 Å². The maximum atomic E-state index is 12.0. The molecule has 0 aliphatic rings. The number of aromatic nitrogens is 1. The number of hydrogen-bond acceptors (Lipinski definition) is 6. The van der Waals surface area contributed by atoms with Crippen LogP contribution >= 0.6 is 11.3 Å². The number of carbonyl (C=O) groups excluding carboxylic acids is 2. The average molecular weight is 392 g/mol. The highest BCUT2D eigenvalue weighted by atomic mass is 32.1. The Balaban J connectivity index is 1.34. The summed E-state index contributed by atoms with van der Waals surface area (Å²) >= 11 is 1.56. The van der Waals surface area contributed by atoms with Crippen LogP contribution in [0.2, 0.25) is 0 Å². The SMILES string of the molecule is O=Cc1ccccc1OCC(=O)NCc1ccc(-c2nc3ccccc3s2)o1. The second kappa shape index (κ2) is 8.06. The second-order valence-electron chi connectivity index (χ2n) is 5.97. The minimum atomic E-state index is -0.307. The van der Waals surface area contributed by atoms with E-state index in [1.807, 2.05) is 36.4 Å². The van der Waals surface area contributed by atoms with Crippen LogP contribution in [0.25, 0.3) is 21.0 Å². The number of thiazole rings is 1. The summed E-state index contributed by atoms with van der Waals surface area (Å²) in [7, 11) is 0. The Kier molecular flexibility index (Phi) is 5.16. The van der Waals surface area contributed by atoms with Crippen LogP contribution in [0.1, 0.15) is 16.1 Å². The number of para-hydroxylation sites is 2. The minimum absolute atomic E-state index is 0.184. The van der Waals surface area contributed by atoms with Gasteiger partial charge in [0.2, 0.25) is 0 Å². The molecule has 0 atom stereocenters. The summed E-state index contributed by atoms with van der Waals surface area (Å²) in [6, 6.07) is 18.3. The number of amides is 1. The quantitative estimate of drug-likeness (QED) is 0.480. The van der Waals surface area contributed by atoms with Gasteiger partial charge in [-0.05, 0) is 36.4 Å². The topological polar surface area (TPSA) is 81.4 Å². The van der Waals surface area contributed by atoms with Crippen molar-refractivity contribution in [2.45, 2.75) is 6.54 Å². The first-order valence-corrected chi connectivity index (χ1v) is 9.43. The third-order valence-electron chi connectivity index (χ3n) is 4.03. The number of fused-ring (bicyclic) bond motifs is 1. The summed E-state index contributed by atoms with van der Waals surface area (Å²) in [5.41, 5.74) is 1.34. The van der Waals surface area contributed by atoms with Crippen molar-refractivity contribution in [3.8, 4) is 16.5 Å². The number of aldehydes is 1. The Labute approximate surface area is 164 Å². The molecule has 0 spiro atoms. The normalized spacial score (nSPS) is 10.7. The Morgan fingerprint density at radius 1 is 1.11 bits per heavy atom. The molecule has 0 saturated carbocycles. The maximum absolute atomic E-state index is 12.0. The lowest BCUT2D eigenvalue weighted by atomic mass is 10.2. The highest BCUT2D eigenvalue weighted by Crippen LogP contribution is 2.31. The van der Waals surface area contributed by atoms with Crippen LogP contribution in [0.4, 0.5) is 0 Å². The van der Waals surface area contributed by atoms with Gasteiger partial charge in [-0.25, -0.2) is 4.98 Å². The smallest absolute Gasteiger partial charge is 0.258 e. The third-order valence-corrected chi connectivity index (χ3v) is 5.08. The molecule has 0 radical (unpaired) electrons. The zero-order valence-corrected chi connectivity index (χ0v) is 15.6. The number of nitrogens with one attached hydrogen (secondary N) is 1. The van der Waals surface area contributed by atoms with E-state index < -0.39 is 0 Å². The lowest BCUT2D eigenvalue weighted by Gasteiger charge is -2.08. The molecular weight excluding hydrogens is 376 g/mol.